The van der Waals surface area contributed by atoms with Crippen LogP contribution in [0.4, 0.5) is 0 Å². The van der Waals surface area contributed by atoms with Crippen molar-refractivity contribution in [2.24, 2.45) is 0 Å². The van der Waals surface area contributed by atoms with Crippen LogP contribution in [0.3, 0.4) is 0 Å². The highest BCUT2D eigenvalue weighted by atomic mass is 16.7. The Morgan fingerprint density at radius 3 is 2.89 bits per heavy atom. The van der Waals surface area contributed by atoms with Crippen molar-refractivity contribution in [1.82, 2.24) is 0 Å². The van der Waals surface area contributed by atoms with E-state index in [2.05, 4.69) is 0 Å². The molecule has 0 unspecified atom stereocenters. The fourth-order valence-corrected chi connectivity index (χ4v) is 0.584. The van der Waals surface area contributed by atoms with Gasteiger partial charge >= 0.3 is 0 Å². The minimum atomic E-state index is -1.86. The number of hydrogen-bond donors (Lipinski definition) is 0. The van der Waals surface area contributed by atoms with E-state index in [-0.39, 0.29) is 6.29 Å². The van der Waals surface area contributed by atoms with E-state index in [4.69, 9.17) is 12.2 Å². The van der Waals surface area contributed by atoms with Gasteiger partial charge < -0.3 is 14.3 Å². The molecule has 1 heterocycles. The van der Waals surface area contributed by atoms with Crippen molar-refractivity contribution >= 4 is 6.29 Å². The van der Waals surface area contributed by atoms with Gasteiger partial charge in [-0.05, 0) is 13.8 Å². The molecule has 0 aromatic rings. The van der Waals surface area contributed by atoms with Crippen molar-refractivity contribution in [1.29, 1.82) is 0 Å². The second kappa shape index (κ2) is 2.08. The van der Waals surface area contributed by atoms with Crippen LogP contribution < -0.4 is 0 Å². The molecule has 0 spiro atoms. The molecule has 1 saturated heterocycles. The zero-order chi connectivity index (χ0) is 8.70. The first kappa shape index (κ1) is 4.41. The molecule has 0 amide bonds. The molecule has 1 aliphatic rings. The molecule has 2 atom stereocenters. The third kappa shape index (κ3) is 1.50. The summed E-state index contributed by atoms with van der Waals surface area (Å²) in [6.07, 6.45) is -1.58. The van der Waals surface area contributed by atoms with Gasteiger partial charge in [0.2, 0.25) is 0 Å². The lowest BCUT2D eigenvalue weighted by molar-refractivity contribution is -0.145. The molecule has 1 aliphatic heterocycles. The Morgan fingerprint density at radius 2 is 2.67 bits per heavy atom. The van der Waals surface area contributed by atoms with E-state index in [0.717, 1.165) is 0 Å². The van der Waals surface area contributed by atoms with E-state index in [1.807, 2.05) is 0 Å². The standard InChI is InChI=1S/C6H10O3/c1-6(2)8-4-5(3-7)9-6/h3,5H,4H2,1-2H3/t5-/m0/s1/i4D,5D/t4-,5-. The molecule has 1 fully saturated rings. The number of aldehydes is 1. The molecule has 1 rings (SSSR count). The fraction of sp³-hybridized carbons (Fsp3) is 0.833. The Hall–Kier alpha value is -0.410. The van der Waals surface area contributed by atoms with Gasteiger partial charge in [0.05, 0.1) is 9.32 Å². The maximum absolute atomic E-state index is 10.3. The molecule has 0 N–H and O–H groups in total. The third-order valence-corrected chi connectivity index (χ3v) is 0.939. The van der Waals surface area contributed by atoms with Gasteiger partial charge in [0, 0.05) is 0 Å². The van der Waals surface area contributed by atoms with Gasteiger partial charge in [-0.15, -0.1) is 0 Å². The van der Waals surface area contributed by atoms with E-state index in [1.54, 1.807) is 13.8 Å². The molecule has 52 valence electrons. The summed E-state index contributed by atoms with van der Waals surface area (Å²) in [5.41, 5.74) is 0. The van der Waals surface area contributed by atoms with Gasteiger partial charge in [-0.3, -0.25) is 0 Å². The molecular weight excluding hydrogens is 120 g/mol. The summed E-state index contributed by atoms with van der Waals surface area (Å²) in [5.74, 6) is -1.00. The number of rotatable bonds is 1. The molecule has 0 bridgehead atoms. The van der Waals surface area contributed by atoms with Crippen LogP contribution in [0.5, 0.6) is 0 Å². The average molecular weight is 132 g/mol. The van der Waals surface area contributed by atoms with Crippen LogP contribution in [0.15, 0.2) is 0 Å². The Bertz CT molecular complexity index is 183. The second-order valence-corrected chi connectivity index (χ2v) is 2.26. The SMILES string of the molecule is [2H][C@@H]1OC(C)(C)O[C@@]1([2H])C=O. The van der Waals surface area contributed by atoms with Gasteiger partial charge in [-0.2, -0.15) is 0 Å². The van der Waals surface area contributed by atoms with E-state index in [1.165, 1.54) is 0 Å². The Kier molecular flexibility index (Phi) is 1.02. The predicted molar refractivity (Wildman–Crippen MR) is 31.0 cm³/mol. The summed E-state index contributed by atoms with van der Waals surface area (Å²) >= 11 is 0. The monoisotopic (exact) mass is 132 g/mol. The number of carbonyl (C=O) groups is 1. The van der Waals surface area contributed by atoms with E-state index in [9.17, 15) is 4.79 Å². The normalized spacial score (nSPS) is 52.0. The third-order valence-electron chi connectivity index (χ3n) is 0.939. The maximum Gasteiger partial charge on any atom is 0.163 e. The zero-order valence-corrected chi connectivity index (χ0v) is 5.38. The molecular formula is C6H10O3. The number of hydrogen-bond acceptors (Lipinski definition) is 3. The zero-order valence-electron chi connectivity index (χ0n) is 7.38. The summed E-state index contributed by atoms with van der Waals surface area (Å²) in [4.78, 5) is 10.3. The first-order valence-corrected chi connectivity index (χ1v) is 2.66. The van der Waals surface area contributed by atoms with E-state index < -0.39 is 18.5 Å². The lowest BCUT2D eigenvalue weighted by Gasteiger charge is -2.14. The maximum atomic E-state index is 10.3. The average Bonchev–Trinajstić information content (AvgIpc) is 2.03. The van der Waals surface area contributed by atoms with Gasteiger partial charge in [-0.25, -0.2) is 0 Å². The molecule has 0 aromatic carbocycles. The summed E-state index contributed by atoms with van der Waals surface area (Å²) in [5, 5.41) is 0. The summed E-state index contributed by atoms with van der Waals surface area (Å²) in [6.45, 7) is 1.87. The largest absolute Gasteiger partial charge is 0.347 e. The van der Waals surface area contributed by atoms with Crippen LogP contribution in [-0.2, 0) is 14.3 Å². The van der Waals surface area contributed by atoms with Crippen molar-refractivity contribution in [3.63, 3.8) is 0 Å². The Labute approximate surface area is 56.8 Å². The Balaban J connectivity index is 2.81. The smallest absolute Gasteiger partial charge is 0.163 e. The minimum absolute atomic E-state index is 0.277. The number of carbonyl (C=O) groups excluding carboxylic acids is 1. The quantitative estimate of drug-likeness (QED) is 0.482. The van der Waals surface area contributed by atoms with Crippen molar-refractivity contribution in [2.45, 2.75) is 25.7 Å². The van der Waals surface area contributed by atoms with Crippen molar-refractivity contribution in [3.8, 4) is 0 Å². The highest BCUT2D eigenvalue weighted by Crippen LogP contribution is 2.20. The Morgan fingerprint density at radius 1 is 2.00 bits per heavy atom. The van der Waals surface area contributed by atoms with Crippen LogP contribution in [0.2, 0.25) is 0 Å². The van der Waals surface area contributed by atoms with E-state index >= 15 is 0 Å². The molecule has 3 nitrogen and oxygen atoms in total. The van der Waals surface area contributed by atoms with Crippen molar-refractivity contribution in [2.75, 3.05) is 6.58 Å². The first-order valence-electron chi connectivity index (χ1n) is 3.74. The molecule has 0 saturated carbocycles. The lowest BCUT2D eigenvalue weighted by Crippen LogP contribution is -2.21. The van der Waals surface area contributed by atoms with Crippen LogP contribution in [-0.4, -0.2) is 24.7 Å². The van der Waals surface area contributed by atoms with Crippen molar-refractivity contribution < 1.29 is 17.0 Å². The molecule has 0 aliphatic carbocycles. The van der Waals surface area contributed by atoms with Crippen LogP contribution in [0.1, 0.15) is 16.6 Å². The first-order chi connectivity index (χ1) is 4.90. The summed E-state index contributed by atoms with van der Waals surface area (Å²) in [6, 6.07) is 0. The highest BCUT2D eigenvalue weighted by molar-refractivity contribution is 5.56. The molecule has 0 radical (unpaired) electrons. The van der Waals surface area contributed by atoms with E-state index in [0.29, 0.717) is 0 Å². The number of ether oxygens (including phenoxy) is 2. The second-order valence-electron chi connectivity index (χ2n) is 2.26. The highest BCUT2D eigenvalue weighted by Gasteiger charge is 2.31. The molecule has 3 heteroatoms. The molecule has 0 aromatic heterocycles. The van der Waals surface area contributed by atoms with Crippen molar-refractivity contribution in [3.05, 3.63) is 0 Å². The predicted octanol–water partition coefficient (Wildman–Crippen LogP) is 0.337. The van der Waals surface area contributed by atoms with Gasteiger partial charge in [-0.1, -0.05) is 0 Å². The summed E-state index contributed by atoms with van der Waals surface area (Å²) in [7, 11) is 0. The van der Waals surface area contributed by atoms with Gasteiger partial charge in [0.15, 0.2) is 12.1 Å². The fourth-order valence-electron chi connectivity index (χ4n) is 0.584. The summed E-state index contributed by atoms with van der Waals surface area (Å²) < 4.78 is 24.2. The van der Waals surface area contributed by atoms with Crippen LogP contribution in [0, 0.1) is 0 Å². The minimum Gasteiger partial charge on any atom is -0.347 e. The topological polar surface area (TPSA) is 35.5 Å². The van der Waals surface area contributed by atoms with Gasteiger partial charge in [0.1, 0.15) is 6.08 Å². The molecule has 9 heavy (non-hydrogen) atoms. The van der Waals surface area contributed by atoms with Gasteiger partial charge in [0.25, 0.3) is 0 Å². The van der Waals surface area contributed by atoms with Crippen LogP contribution >= 0.6 is 0 Å². The van der Waals surface area contributed by atoms with Crippen LogP contribution in [0.25, 0.3) is 0 Å². The lowest BCUT2D eigenvalue weighted by atomic mass is 10.4.